The zero-order chi connectivity index (χ0) is 13.8. The van der Waals surface area contributed by atoms with Crippen molar-refractivity contribution in [1.82, 2.24) is 9.78 Å². The van der Waals surface area contributed by atoms with E-state index in [2.05, 4.69) is 12.0 Å². The van der Waals surface area contributed by atoms with Gasteiger partial charge in [0.05, 0.1) is 13.3 Å². The maximum atomic E-state index is 10.4. The van der Waals surface area contributed by atoms with Crippen molar-refractivity contribution in [2.75, 3.05) is 7.11 Å². The van der Waals surface area contributed by atoms with Crippen molar-refractivity contribution >= 4 is 11.6 Å². The second-order valence-electron chi connectivity index (χ2n) is 4.33. The molecule has 1 aromatic carbocycles. The van der Waals surface area contributed by atoms with Crippen LogP contribution in [0.2, 0.25) is 5.02 Å². The second kappa shape index (κ2) is 6.08. The lowest BCUT2D eigenvalue weighted by Crippen LogP contribution is -2.02. The van der Waals surface area contributed by atoms with Crippen LogP contribution in [-0.4, -0.2) is 22.0 Å². The predicted octanol–water partition coefficient (Wildman–Crippen LogP) is 3.04. The molecule has 0 saturated heterocycles. The Bertz CT molecular complexity index is 554. The van der Waals surface area contributed by atoms with E-state index in [9.17, 15) is 5.11 Å². The molecule has 0 aliphatic rings. The molecule has 0 spiro atoms. The summed E-state index contributed by atoms with van der Waals surface area (Å²) in [6, 6.07) is 5.19. The maximum absolute atomic E-state index is 10.4. The Kier molecular flexibility index (Phi) is 4.45. The Morgan fingerprint density at radius 1 is 1.47 bits per heavy atom. The molecule has 0 aliphatic carbocycles. The number of methoxy groups -OCH3 is 1. The summed E-state index contributed by atoms with van der Waals surface area (Å²) in [6.45, 7) is 2.91. The summed E-state index contributed by atoms with van der Waals surface area (Å²) in [5, 5.41) is 15.2. The molecule has 0 fully saturated rings. The topological polar surface area (TPSA) is 47.3 Å². The fraction of sp³-hybridized carbons (Fsp3) is 0.357. The van der Waals surface area contributed by atoms with Gasteiger partial charge < -0.3 is 9.84 Å². The van der Waals surface area contributed by atoms with E-state index in [4.69, 9.17) is 16.3 Å². The number of halogens is 1. The van der Waals surface area contributed by atoms with E-state index in [1.165, 1.54) is 0 Å². The van der Waals surface area contributed by atoms with Crippen LogP contribution in [0.4, 0.5) is 0 Å². The SMILES string of the molecule is CCCn1cc(C(O)c2cc(Cl)ccc2OC)cn1. The molecule has 2 aromatic rings. The van der Waals surface area contributed by atoms with Gasteiger partial charge in [-0.25, -0.2) is 0 Å². The molecule has 0 saturated carbocycles. The first-order valence-corrected chi connectivity index (χ1v) is 6.57. The van der Waals surface area contributed by atoms with E-state index in [1.54, 1.807) is 31.5 Å². The molecule has 1 heterocycles. The maximum Gasteiger partial charge on any atom is 0.125 e. The van der Waals surface area contributed by atoms with E-state index in [1.807, 2.05) is 10.9 Å². The highest BCUT2D eigenvalue weighted by Gasteiger charge is 2.17. The van der Waals surface area contributed by atoms with Gasteiger partial charge in [0.2, 0.25) is 0 Å². The van der Waals surface area contributed by atoms with Gasteiger partial charge in [0, 0.05) is 28.9 Å². The number of aromatic nitrogens is 2. The molecule has 0 aliphatic heterocycles. The highest BCUT2D eigenvalue weighted by molar-refractivity contribution is 6.30. The minimum absolute atomic E-state index is 0.566. The van der Waals surface area contributed by atoms with E-state index in [0.29, 0.717) is 16.3 Å². The molecule has 0 bridgehead atoms. The number of ether oxygens (including phenoxy) is 1. The minimum Gasteiger partial charge on any atom is -0.496 e. The largest absolute Gasteiger partial charge is 0.496 e. The van der Waals surface area contributed by atoms with Gasteiger partial charge >= 0.3 is 0 Å². The number of rotatable bonds is 5. The summed E-state index contributed by atoms with van der Waals surface area (Å²) in [5.74, 6) is 0.611. The number of hydrogen-bond acceptors (Lipinski definition) is 3. The molecule has 1 atom stereocenters. The van der Waals surface area contributed by atoms with Crippen LogP contribution in [-0.2, 0) is 6.54 Å². The molecule has 0 radical (unpaired) electrons. The van der Waals surface area contributed by atoms with Gasteiger partial charge in [-0.1, -0.05) is 18.5 Å². The Labute approximate surface area is 117 Å². The van der Waals surface area contributed by atoms with Crippen LogP contribution in [0.25, 0.3) is 0 Å². The van der Waals surface area contributed by atoms with E-state index in [0.717, 1.165) is 18.5 Å². The first-order chi connectivity index (χ1) is 9.15. The molecule has 0 amide bonds. The van der Waals surface area contributed by atoms with Crippen LogP contribution in [0, 0.1) is 0 Å². The fourth-order valence-electron chi connectivity index (χ4n) is 1.97. The van der Waals surface area contributed by atoms with Gasteiger partial charge in [-0.15, -0.1) is 0 Å². The van der Waals surface area contributed by atoms with Crippen LogP contribution in [0.1, 0.15) is 30.6 Å². The van der Waals surface area contributed by atoms with Crippen molar-refractivity contribution in [2.24, 2.45) is 0 Å². The zero-order valence-corrected chi connectivity index (χ0v) is 11.8. The summed E-state index contributed by atoms with van der Waals surface area (Å²) < 4.78 is 7.07. The van der Waals surface area contributed by atoms with Gasteiger partial charge in [0.25, 0.3) is 0 Å². The molecule has 1 aromatic heterocycles. The number of aliphatic hydroxyl groups excluding tert-OH is 1. The standard InChI is InChI=1S/C14H17ClN2O2/c1-3-6-17-9-10(8-16-17)14(18)12-7-11(15)4-5-13(12)19-2/h4-5,7-9,14,18H,3,6H2,1-2H3. The summed E-state index contributed by atoms with van der Waals surface area (Å²) in [4.78, 5) is 0. The number of aryl methyl sites for hydroxylation is 1. The van der Waals surface area contributed by atoms with Crippen LogP contribution in [0.15, 0.2) is 30.6 Å². The first kappa shape index (κ1) is 13.9. The van der Waals surface area contributed by atoms with Crippen LogP contribution in [0.5, 0.6) is 5.75 Å². The van der Waals surface area contributed by atoms with Gasteiger partial charge in [0.1, 0.15) is 11.9 Å². The van der Waals surface area contributed by atoms with Crippen molar-refractivity contribution in [2.45, 2.75) is 26.0 Å². The number of benzene rings is 1. The third-order valence-electron chi connectivity index (χ3n) is 2.91. The lowest BCUT2D eigenvalue weighted by Gasteiger charge is -2.13. The average molecular weight is 281 g/mol. The molecule has 2 rings (SSSR count). The fourth-order valence-corrected chi connectivity index (χ4v) is 2.15. The van der Waals surface area contributed by atoms with Crippen LogP contribution >= 0.6 is 11.6 Å². The van der Waals surface area contributed by atoms with Gasteiger partial charge in [-0.3, -0.25) is 4.68 Å². The molecule has 1 N–H and O–H groups in total. The van der Waals surface area contributed by atoms with E-state index >= 15 is 0 Å². The highest BCUT2D eigenvalue weighted by atomic mass is 35.5. The van der Waals surface area contributed by atoms with Crippen LogP contribution in [0.3, 0.4) is 0 Å². The summed E-state index contributed by atoms with van der Waals surface area (Å²) >= 11 is 5.97. The highest BCUT2D eigenvalue weighted by Crippen LogP contribution is 2.31. The van der Waals surface area contributed by atoms with Crippen molar-refractivity contribution < 1.29 is 9.84 Å². The Morgan fingerprint density at radius 2 is 2.26 bits per heavy atom. The zero-order valence-electron chi connectivity index (χ0n) is 11.0. The monoisotopic (exact) mass is 280 g/mol. The van der Waals surface area contributed by atoms with Gasteiger partial charge in [0.15, 0.2) is 0 Å². The molecule has 1 unspecified atom stereocenters. The van der Waals surface area contributed by atoms with Crippen molar-refractivity contribution in [3.8, 4) is 5.75 Å². The number of hydrogen-bond donors (Lipinski definition) is 1. The normalized spacial score (nSPS) is 12.4. The average Bonchev–Trinajstić information content (AvgIpc) is 2.87. The molecular weight excluding hydrogens is 264 g/mol. The van der Waals surface area contributed by atoms with Crippen LogP contribution < -0.4 is 4.74 Å². The quantitative estimate of drug-likeness (QED) is 0.916. The molecule has 102 valence electrons. The van der Waals surface area contributed by atoms with Crippen molar-refractivity contribution in [3.63, 3.8) is 0 Å². The Hall–Kier alpha value is -1.52. The van der Waals surface area contributed by atoms with E-state index < -0.39 is 6.10 Å². The lowest BCUT2D eigenvalue weighted by molar-refractivity contribution is 0.214. The predicted molar refractivity (Wildman–Crippen MR) is 74.6 cm³/mol. The third kappa shape index (κ3) is 3.08. The number of nitrogens with zero attached hydrogens (tertiary/aromatic N) is 2. The summed E-state index contributed by atoms with van der Waals surface area (Å²) in [7, 11) is 1.57. The smallest absolute Gasteiger partial charge is 0.125 e. The Morgan fingerprint density at radius 3 is 2.95 bits per heavy atom. The molecular formula is C14H17ClN2O2. The minimum atomic E-state index is -0.792. The molecule has 19 heavy (non-hydrogen) atoms. The summed E-state index contributed by atoms with van der Waals surface area (Å²) in [5.41, 5.74) is 1.38. The first-order valence-electron chi connectivity index (χ1n) is 6.19. The lowest BCUT2D eigenvalue weighted by atomic mass is 10.0. The van der Waals surface area contributed by atoms with Gasteiger partial charge in [-0.2, -0.15) is 5.10 Å². The summed E-state index contributed by atoms with van der Waals surface area (Å²) in [6.07, 6.45) is 3.71. The third-order valence-corrected chi connectivity index (χ3v) is 3.14. The molecule has 4 nitrogen and oxygen atoms in total. The second-order valence-corrected chi connectivity index (χ2v) is 4.76. The van der Waals surface area contributed by atoms with Crippen molar-refractivity contribution in [1.29, 1.82) is 0 Å². The number of aliphatic hydroxyl groups is 1. The van der Waals surface area contributed by atoms with Gasteiger partial charge in [-0.05, 0) is 24.6 Å². The van der Waals surface area contributed by atoms with E-state index in [-0.39, 0.29) is 0 Å². The Balaban J connectivity index is 2.31. The molecule has 5 heteroatoms. The van der Waals surface area contributed by atoms with Crippen molar-refractivity contribution in [3.05, 3.63) is 46.7 Å².